The third kappa shape index (κ3) is 2.66. The van der Waals surface area contributed by atoms with Crippen LogP contribution < -0.4 is 0 Å². The Balaban J connectivity index is 1.55. The van der Waals surface area contributed by atoms with Crippen molar-refractivity contribution in [2.75, 3.05) is 6.61 Å². The molecule has 0 aromatic rings. The first-order valence-corrected chi connectivity index (χ1v) is 13.8. The molecule has 32 heavy (non-hydrogen) atoms. The van der Waals surface area contributed by atoms with E-state index >= 15 is 0 Å². The maximum Gasteiger partial charge on any atom is 0.0594 e. The lowest BCUT2D eigenvalue weighted by Crippen LogP contribution is -2.66. The molecule has 5 fully saturated rings. The van der Waals surface area contributed by atoms with Gasteiger partial charge in [0.15, 0.2) is 0 Å². The number of aliphatic hydroxyl groups excluding tert-OH is 2. The molecule has 5 unspecified atom stereocenters. The van der Waals surface area contributed by atoms with Crippen molar-refractivity contribution in [2.45, 2.75) is 112 Å². The normalized spacial score (nSPS) is 56.5. The second kappa shape index (κ2) is 7.09. The van der Waals surface area contributed by atoms with Gasteiger partial charge in [0.05, 0.1) is 6.10 Å². The van der Waals surface area contributed by atoms with Crippen molar-refractivity contribution in [3.8, 4) is 0 Å². The summed E-state index contributed by atoms with van der Waals surface area (Å²) in [4.78, 5) is 0. The van der Waals surface area contributed by atoms with Gasteiger partial charge in [-0.3, -0.25) is 0 Å². The van der Waals surface area contributed by atoms with Gasteiger partial charge in [-0.25, -0.2) is 0 Å². The minimum absolute atomic E-state index is 0.0290. The summed E-state index contributed by atoms with van der Waals surface area (Å²) in [6, 6.07) is 0. The summed E-state index contributed by atoms with van der Waals surface area (Å²) in [5.41, 5.74) is 2.60. The first-order chi connectivity index (χ1) is 14.9. The maximum atomic E-state index is 10.9. The molecule has 0 bridgehead atoms. The van der Waals surface area contributed by atoms with Crippen LogP contribution in [0.5, 0.6) is 0 Å². The van der Waals surface area contributed by atoms with E-state index in [1.165, 1.54) is 63.4 Å². The summed E-state index contributed by atoms with van der Waals surface area (Å²) in [6.45, 7) is 19.7. The fraction of sp³-hybridized carbons (Fsp3) is 0.933. The molecule has 0 aromatic heterocycles. The average Bonchev–Trinajstić information content (AvgIpc) is 3.12. The largest absolute Gasteiger partial charge is 0.396 e. The molecular weight excluding hydrogens is 392 g/mol. The van der Waals surface area contributed by atoms with Crippen LogP contribution in [0.1, 0.15) is 106 Å². The Morgan fingerprint density at radius 1 is 0.812 bits per heavy atom. The second-order valence-electron chi connectivity index (χ2n) is 14.6. The summed E-state index contributed by atoms with van der Waals surface area (Å²) < 4.78 is 0. The predicted octanol–water partition coefficient (Wildman–Crippen LogP) is 7.00. The van der Waals surface area contributed by atoms with Crippen LogP contribution in [-0.4, -0.2) is 22.9 Å². The maximum absolute atomic E-state index is 10.9. The monoisotopic (exact) mass is 442 g/mol. The van der Waals surface area contributed by atoms with Crippen LogP contribution in [0.25, 0.3) is 0 Å². The molecule has 2 N–H and O–H groups in total. The van der Waals surface area contributed by atoms with Gasteiger partial charge in [-0.15, -0.1) is 0 Å². The second-order valence-corrected chi connectivity index (χ2v) is 14.6. The van der Waals surface area contributed by atoms with E-state index in [-0.39, 0.29) is 16.9 Å². The number of rotatable bonds is 2. The van der Waals surface area contributed by atoms with Gasteiger partial charge >= 0.3 is 0 Å². The SMILES string of the molecule is C=C(C)C1CC[C@]2(CO)CC[C@@]3(C)[C@H](CCC4[C@@]5(C)CCC(O)C(C)(C)C5CC[C@@]43C)C12. The lowest BCUT2D eigenvalue weighted by Gasteiger charge is -2.73. The third-order valence-corrected chi connectivity index (χ3v) is 13.5. The van der Waals surface area contributed by atoms with Gasteiger partial charge in [0.1, 0.15) is 0 Å². The minimum atomic E-state index is -0.147. The Kier molecular flexibility index (Phi) is 5.19. The summed E-state index contributed by atoms with van der Waals surface area (Å²) in [7, 11) is 0. The molecule has 0 spiro atoms. The summed E-state index contributed by atoms with van der Waals surface area (Å²) >= 11 is 0. The highest BCUT2D eigenvalue weighted by atomic mass is 16.3. The van der Waals surface area contributed by atoms with E-state index in [2.05, 4.69) is 48.1 Å². The fourth-order valence-corrected chi connectivity index (χ4v) is 11.5. The minimum Gasteiger partial charge on any atom is -0.396 e. The van der Waals surface area contributed by atoms with E-state index in [1.807, 2.05) is 0 Å². The van der Waals surface area contributed by atoms with Gasteiger partial charge in [-0.05, 0) is 128 Å². The van der Waals surface area contributed by atoms with Crippen LogP contribution >= 0.6 is 0 Å². The van der Waals surface area contributed by atoms with E-state index in [0.717, 1.165) is 18.3 Å². The lowest BCUT2D eigenvalue weighted by atomic mass is 9.32. The molecule has 0 radical (unpaired) electrons. The van der Waals surface area contributed by atoms with Crippen LogP contribution in [0.2, 0.25) is 0 Å². The molecule has 10 atom stereocenters. The number of aliphatic hydroxyl groups is 2. The van der Waals surface area contributed by atoms with Crippen LogP contribution in [0.15, 0.2) is 12.2 Å². The Morgan fingerprint density at radius 3 is 2.19 bits per heavy atom. The average molecular weight is 443 g/mol. The molecule has 0 heterocycles. The van der Waals surface area contributed by atoms with Gasteiger partial charge < -0.3 is 10.2 Å². The fourth-order valence-electron chi connectivity index (χ4n) is 11.5. The Hall–Kier alpha value is -0.340. The number of hydrogen-bond acceptors (Lipinski definition) is 2. The van der Waals surface area contributed by atoms with Crippen molar-refractivity contribution in [1.82, 2.24) is 0 Å². The zero-order chi connectivity index (χ0) is 23.3. The van der Waals surface area contributed by atoms with Crippen molar-refractivity contribution in [3.05, 3.63) is 12.2 Å². The van der Waals surface area contributed by atoms with E-state index in [4.69, 9.17) is 0 Å². The van der Waals surface area contributed by atoms with Gasteiger partial charge in [0, 0.05) is 6.61 Å². The Morgan fingerprint density at radius 2 is 1.53 bits per heavy atom. The smallest absolute Gasteiger partial charge is 0.0594 e. The summed E-state index contributed by atoms with van der Waals surface area (Å²) in [6.07, 6.45) is 12.2. The zero-order valence-electron chi connectivity index (χ0n) is 21.8. The molecule has 5 aliphatic rings. The van der Waals surface area contributed by atoms with Crippen LogP contribution in [0.3, 0.4) is 0 Å². The van der Waals surface area contributed by atoms with E-state index in [9.17, 15) is 10.2 Å². The van der Waals surface area contributed by atoms with Crippen LogP contribution in [0, 0.1) is 56.7 Å². The molecule has 0 aromatic carbocycles. The van der Waals surface area contributed by atoms with Gasteiger partial charge in [0.25, 0.3) is 0 Å². The van der Waals surface area contributed by atoms with Crippen molar-refractivity contribution < 1.29 is 10.2 Å². The highest BCUT2D eigenvalue weighted by Crippen LogP contribution is 2.77. The van der Waals surface area contributed by atoms with Gasteiger partial charge in [0.2, 0.25) is 0 Å². The molecular formula is C30H50O2. The van der Waals surface area contributed by atoms with Crippen molar-refractivity contribution in [2.24, 2.45) is 56.7 Å². The molecule has 5 aliphatic carbocycles. The highest BCUT2D eigenvalue weighted by molar-refractivity contribution is 5.21. The number of hydrogen-bond donors (Lipinski definition) is 2. The van der Waals surface area contributed by atoms with Crippen molar-refractivity contribution in [1.29, 1.82) is 0 Å². The Bertz CT molecular complexity index is 786. The standard InChI is InChI=1S/C30H50O2/c1-19(2)20-10-15-30(18-31)17-16-28(6)21(25(20)30)8-9-23-27(5)13-12-24(32)26(3,4)22(27)11-14-29(23,28)7/h20-25,31-32H,1,8-18H2,2-7H3/t20?,21-,22?,23?,24?,25?,27+,28+,29+,30-/m1/s1. The quantitative estimate of drug-likeness (QED) is 0.452. The third-order valence-electron chi connectivity index (χ3n) is 13.5. The van der Waals surface area contributed by atoms with Crippen molar-refractivity contribution in [3.63, 3.8) is 0 Å². The predicted molar refractivity (Wildman–Crippen MR) is 132 cm³/mol. The molecule has 2 nitrogen and oxygen atoms in total. The summed E-state index contributed by atoms with van der Waals surface area (Å²) in [5, 5.41) is 21.5. The highest BCUT2D eigenvalue weighted by Gasteiger charge is 2.70. The van der Waals surface area contributed by atoms with E-state index in [1.54, 1.807) is 0 Å². The zero-order valence-corrected chi connectivity index (χ0v) is 21.8. The first kappa shape index (κ1) is 23.4. The molecule has 0 saturated heterocycles. The molecule has 182 valence electrons. The molecule has 0 aliphatic heterocycles. The topological polar surface area (TPSA) is 40.5 Å². The first-order valence-electron chi connectivity index (χ1n) is 13.8. The molecule has 2 heteroatoms. The number of fused-ring (bicyclic) bond motifs is 7. The van der Waals surface area contributed by atoms with E-state index in [0.29, 0.717) is 40.6 Å². The molecule has 0 amide bonds. The van der Waals surface area contributed by atoms with Crippen LogP contribution in [0.4, 0.5) is 0 Å². The summed E-state index contributed by atoms with van der Waals surface area (Å²) in [5.74, 6) is 3.33. The molecule has 5 rings (SSSR count). The van der Waals surface area contributed by atoms with Gasteiger partial charge in [-0.2, -0.15) is 0 Å². The lowest BCUT2D eigenvalue weighted by molar-refractivity contribution is -0.249. The van der Waals surface area contributed by atoms with Crippen molar-refractivity contribution >= 4 is 0 Å². The Labute approximate surface area is 197 Å². The molecule has 5 saturated carbocycles. The van der Waals surface area contributed by atoms with Crippen LogP contribution in [-0.2, 0) is 0 Å². The van der Waals surface area contributed by atoms with Gasteiger partial charge in [-0.1, -0.05) is 46.8 Å². The number of allylic oxidation sites excluding steroid dienone is 1. The van der Waals surface area contributed by atoms with E-state index < -0.39 is 0 Å².